The van der Waals surface area contributed by atoms with Gasteiger partial charge in [0.15, 0.2) is 11.5 Å². The summed E-state index contributed by atoms with van der Waals surface area (Å²) in [6.45, 7) is 6.85. The van der Waals surface area contributed by atoms with E-state index in [0.29, 0.717) is 17.2 Å². The second-order valence-corrected chi connectivity index (χ2v) is 5.93. The summed E-state index contributed by atoms with van der Waals surface area (Å²) in [5.74, 6) is 0.743. The molecule has 1 aromatic carbocycles. The zero-order valence-electron chi connectivity index (χ0n) is 13.1. The highest BCUT2D eigenvalue weighted by Gasteiger charge is 2.16. The van der Waals surface area contributed by atoms with Crippen molar-refractivity contribution in [3.05, 3.63) is 42.2 Å². The van der Waals surface area contributed by atoms with Crippen molar-refractivity contribution in [2.45, 2.75) is 33.3 Å². The first-order valence-electron chi connectivity index (χ1n) is 6.96. The molecule has 22 heavy (non-hydrogen) atoms. The number of nitrogens with one attached hydrogen (secondary N) is 1. The second kappa shape index (κ2) is 6.05. The first-order chi connectivity index (χ1) is 10.2. The third-order valence-corrected chi connectivity index (χ3v) is 2.75. The molecule has 0 atom stereocenters. The average molecular weight is 301 g/mol. The molecule has 2 aromatic rings. The summed E-state index contributed by atoms with van der Waals surface area (Å²) < 4.78 is 10.7. The molecular formula is C17H19NO4. The highest BCUT2D eigenvalue weighted by molar-refractivity contribution is 5.92. The van der Waals surface area contributed by atoms with Gasteiger partial charge in [-0.1, -0.05) is 12.1 Å². The molecule has 1 N–H and O–H groups in total. The van der Waals surface area contributed by atoms with Crippen LogP contribution in [-0.4, -0.2) is 17.5 Å². The smallest absolute Gasteiger partial charge is 0.412 e. The number of amides is 1. The van der Waals surface area contributed by atoms with Gasteiger partial charge in [0.25, 0.3) is 0 Å². The molecule has 0 fully saturated rings. The van der Waals surface area contributed by atoms with Crippen LogP contribution in [0.15, 0.2) is 40.8 Å². The lowest BCUT2D eigenvalue weighted by Gasteiger charge is -2.19. The van der Waals surface area contributed by atoms with E-state index in [1.165, 1.54) is 6.92 Å². The van der Waals surface area contributed by atoms with Crippen LogP contribution in [0.1, 0.15) is 38.2 Å². The maximum absolute atomic E-state index is 11.8. The Morgan fingerprint density at radius 3 is 2.45 bits per heavy atom. The van der Waals surface area contributed by atoms with E-state index >= 15 is 0 Å². The molecule has 2 rings (SSSR count). The number of ether oxygens (including phenoxy) is 1. The van der Waals surface area contributed by atoms with Crippen LogP contribution in [0.4, 0.5) is 10.5 Å². The number of carbonyl (C=O) groups excluding carboxylic acids is 2. The number of Topliss-reactive ketones (excluding diaryl/α,β-unsaturated/α-hetero) is 1. The molecule has 0 aliphatic rings. The van der Waals surface area contributed by atoms with E-state index in [-0.39, 0.29) is 5.78 Å². The summed E-state index contributed by atoms with van der Waals surface area (Å²) in [6.07, 6.45) is -0.520. The molecule has 0 saturated heterocycles. The van der Waals surface area contributed by atoms with Crippen LogP contribution in [0.3, 0.4) is 0 Å². The Bertz CT molecular complexity index is 695. The zero-order chi connectivity index (χ0) is 16.3. The van der Waals surface area contributed by atoms with Gasteiger partial charge in [-0.05, 0) is 45.0 Å². The standard InChI is InChI=1S/C17H19NO4/c1-11(19)14-8-9-15(21-14)12-6-5-7-13(10-12)18-16(20)22-17(2,3)4/h5-10H,1-4H3,(H,18,20). The first kappa shape index (κ1) is 15.8. The lowest BCUT2D eigenvalue weighted by molar-refractivity contribution is 0.0635. The number of benzene rings is 1. The Kier molecular flexibility index (Phi) is 4.35. The molecule has 0 unspecified atom stereocenters. The molecule has 0 saturated carbocycles. The Morgan fingerprint density at radius 1 is 1.14 bits per heavy atom. The van der Waals surface area contributed by atoms with E-state index in [4.69, 9.17) is 9.15 Å². The molecule has 0 radical (unpaired) electrons. The predicted octanol–water partition coefficient (Wildman–Crippen LogP) is 4.50. The lowest BCUT2D eigenvalue weighted by Crippen LogP contribution is -2.27. The molecule has 1 heterocycles. The molecule has 5 heteroatoms. The van der Waals surface area contributed by atoms with E-state index in [1.54, 1.807) is 51.1 Å². The molecule has 0 aliphatic heterocycles. The summed E-state index contributed by atoms with van der Waals surface area (Å²) >= 11 is 0. The number of ketones is 1. The number of carbonyl (C=O) groups is 2. The van der Waals surface area contributed by atoms with Crippen LogP contribution >= 0.6 is 0 Å². The fourth-order valence-electron chi connectivity index (χ4n) is 1.85. The van der Waals surface area contributed by atoms with Crippen molar-refractivity contribution in [3.8, 4) is 11.3 Å². The summed E-state index contributed by atoms with van der Waals surface area (Å²) in [6, 6.07) is 10.5. The van der Waals surface area contributed by atoms with Crippen LogP contribution < -0.4 is 5.32 Å². The summed E-state index contributed by atoms with van der Waals surface area (Å²) in [5.41, 5.74) is 0.799. The van der Waals surface area contributed by atoms with Gasteiger partial charge >= 0.3 is 6.09 Å². The van der Waals surface area contributed by atoms with Crippen molar-refractivity contribution in [2.75, 3.05) is 5.32 Å². The molecule has 0 bridgehead atoms. The van der Waals surface area contributed by atoms with Crippen molar-refractivity contribution in [2.24, 2.45) is 0 Å². The monoisotopic (exact) mass is 301 g/mol. The highest BCUT2D eigenvalue weighted by atomic mass is 16.6. The van der Waals surface area contributed by atoms with Crippen molar-refractivity contribution < 1.29 is 18.7 Å². The van der Waals surface area contributed by atoms with Crippen LogP contribution in [0.2, 0.25) is 0 Å². The van der Waals surface area contributed by atoms with Crippen molar-refractivity contribution in [1.29, 1.82) is 0 Å². The van der Waals surface area contributed by atoms with Crippen LogP contribution in [0, 0.1) is 0 Å². The van der Waals surface area contributed by atoms with Gasteiger partial charge in [-0.3, -0.25) is 10.1 Å². The van der Waals surface area contributed by atoms with Crippen molar-refractivity contribution >= 4 is 17.6 Å². The van der Waals surface area contributed by atoms with Gasteiger partial charge in [-0.2, -0.15) is 0 Å². The largest absolute Gasteiger partial charge is 0.453 e. The molecule has 1 amide bonds. The van der Waals surface area contributed by atoms with Gasteiger partial charge in [0.2, 0.25) is 0 Å². The predicted molar refractivity (Wildman–Crippen MR) is 84.0 cm³/mol. The third kappa shape index (κ3) is 4.22. The van der Waals surface area contributed by atoms with Crippen molar-refractivity contribution in [3.63, 3.8) is 0 Å². The van der Waals surface area contributed by atoms with E-state index in [0.717, 1.165) is 5.56 Å². The number of anilines is 1. The lowest BCUT2D eigenvalue weighted by atomic mass is 10.1. The van der Waals surface area contributed by atoms with Gasteiger partial charge in [0.1, 0.15) is 11.4 Å². The fourth-order valence-corrected chi connectivity index (χ4v) is 1.85. The van der Waals surface area contributed by atoms with E-state index in [2.05, 4.69) is 5.32 Å². The van der Waals surface area contributed by atoms with E-state index in [1.807, 2.05) is 6.07 Å². The van der Waals surface area contributed by atoms with Crippen LogP contribution in [0.5, 0.6) is 0 Å². The highest BCUT2D eigenvalue weighted by Crippen LogP contribution is 2.25. The molecule has 1 aromatic heterocycles. The molecule has 0 spiro atoms. The summed E-state index contributed by atoms with van der Waals surface area (Å²) in [7, 11) is 0. The van der Waals surface area contributed by atoms with Crippen molar-refractivity contribution in [1.82, 2.24) is 0 Å². The maximum atomic E-state index is 11.8. The van der Waals surface area contributed by atoms with Gasteiger partial charge in [-0.15, -0.1) is 0 Å². The van der Waals surface area contributed by atoms with Crippen LogP contribution in [-0.2, 0) is 4.74 Å². The Morgan fingerprint density at radius 2 is 1.86 bits per heavy atom. The van der Waals surface area contributed by atoms with Gasteiger partial charge in [0, 0.05) is 18.2 Å². The van der Waals surface area contributed by atoms with Gasteiger partial charge in [-0.25, -0.2) is 4.79 Å². The zero-order valence-corrected chi connectivity index (χ0v) is 13.1. The molecule has 116 valence electrons. The Labute approximate surface area is 129 Å². The minimum atomic E-state index is -0.556. The fraction of sp³-hybridized carbons (Fsp3) is 0.294. The van der Waals surface area contributed by atoms with E-state index < -0.39 is 11.7 Å². The number of hydrogen-bond donors (Lipinski definition) is 1. The Balaban J connectivity index is 2.16. The molecular weight excluding hydrogens is 282 g/mol. The number of furan rings is 1. The maximum Gasteiger partial charge on any atom is 0.412 e. The minimum Gasteiger partial charge on any atom is -0.453 e. The van der Waals surface area contributed by atoms with E-state index in [9.17, 15) is 9.59 Å². The second-order valence-electron chi connectivity index (χ2n) is 5.93. The SMILES string of the molecule is CC(=O)c1ccc(-c2cccc(NC(=O)OC(C)(C)C)c2)o1. The minimum absolute atomic E-state index is 0.130. The van der Waals surface area contributed by atoms with Crippen LogP contribution in [0.25, 0.3) is 11.3 Å². The normalized spacial score (nSPS) is 11.1. The number of rotatable bonds is 3. The Hall–Kier alpha value is -2.56. The molecule has 5 nitrogen and oxygen atoms in total. The topological polar surface area (TPSA) is 68.5 Å². The van der Waals surface area contributed by atoms with Gasteiger partial charge in [0.05, 0.1) is 0 Å². The molecule has 0 aliphatic carbocycles. The third-order valence-electron chi connectivity index (χ3n) is 2.75. The number of hydrogen-bond acceptors (Lipinski definition) is 4. The summed E-state index contributed by atoms with van der Waals surface area (Å²) in [4.78, 5) is 23.0. The summed E-state index contributed by atoms with van der Waals surface area (Å²) in [5, 5.41) is 2.67. The quantitative estimate of drug-likeness (QED) is 0.848. The average Bonchev–Trinajstić information content (AvgIpc) is 2.86. The first-order valence-corrected chi connectivity index (χ1v) is 6.96. The van der Waals surface area contributed by atoms with Gasteiger partial charge < -0.3 is 9.15 Å².